The largest absolute Gasteiger partial charge is 0.339 e. The van der Waals surface area contributed by atoms with Crippen LogP contribution in [0.3, 0.4) is 0 Å². The van der Waals surface area contributed by atoms with Crippen LogP contribution in [-0.4, -0.2) is 34.7 Å². The second kappa shape index (κ2) is 6.48. The number of aromatic nitrogens is 2. The van der Waals surface area contributed by atoms with E-state index in [1.54, 1.807) is 0 Å². The Balaban J connectivity index is 2.44. The monoisotopic (exact) mass is 268 g/mol. The molecule has 1 heterocycles. The fourth-order valence-electron chi connectivity index (χ4n) is 1.65. The van der Waals surface area contributed by atoms with Crippen molar-refractivity contribution in [3.63, 3.8) is 0 Å². The lowest BCUT2D eigenvalue weighted by Gasteiger charge is -2.20. The fourth-order valence-corrected chi connectivity index (χ4v) is 1.65. The maximum Gasteiger partial charge on any atom is 0.232 e. The van der Waals surface area contributed by atoms with Crippen LogP contribution in [0.2, 0.25) is 0 Å². The van der Waals surface area contributed by atoms with Crippen molar-refractivity contribution < 1.29 is 4.52 Å². The first-order chi connectivity index (χ1) is 8.70. The maximum absolute atomic E-state index is 6.04. The minimum absolute atomic E-state index is 0.0934. The van der Waals surface area contributed by atoms with E-state index in [1.165, 1.54) is 0 Å². The highest BCUT2D eigenvalue weighted by molar-refractivity contribution is 4.98. The summed E-state index contributed by atoms with van der Waals surface area (Å²) in [7, 11) is 2.06. The average molecular weight is 268 g/mol. The molecule has 0 aromatic carbocycles. The summed E-state index contributed by atoms with van der Waals surface area (Å²) in [4.78, 5) is 6.61. The molecular weight excluding hydrogens is 240 g/mol. The predicted octanol–water partition coefficient (Wildman–Crippen LogP) is 2.17. The van der Waals surface area contributed by atoms with Crippen LogP contribution in [-0.2, 0) is 12.0 Å². The first kappa shape index (κ1) is 16.1. The Morgan fingerprint density at radius 3 is 2.42 bits per heavy atom. The number of hydrogen-bond acceptors (Lipinski definition) is 5. The highest BCUT2D eigenvalue weighted by Gasteiger charge is 2.22. The summed E-state index contributed by atoms with van der Waals surface area (Å²) in [5.74, 6) is 1.95. The van der Waals surface area contributed by atoms with E-state index in [4.69, 9.17) is 10.3 Å². The van der Waals surface area contributed by atoms with Crippen LogP contribution in [0.1, 0.15) is 52.8 Å². The van der Waals surface area contributed by atoms with Crippen molar-refractivity contribution in [2.45, 2.75) is 59.0 Å². The summed E-state index contributed by atoms with van der Waals surface area (Å²) in [6, 6.07) is 0.248. The summed E-state index contributed by atoms with van der Waals surface area (Å²) >= 11 is 0. The molecule has 1 atom stereocenters. The standard InChI is InChI=1S/C14H28N4O/c1-10(2)11(15)7-8-18(6)9-12-16-13(19-17-12)14(3,4)5/h10-11H,7-9,15H2,1-6H3. The summed E-state index contributed by atoms with van der Waals surface area (Å²) < 4.78 is 5.28. The van der Waals surface area contributed by atoms with Crippen LogP contribution < -0.4 is 5.73 Å². The zero-order chi connectivity index (χ0) is 14.6. The number of nitrogens with zero attached hydrogens (tertiary/aromatic N) is 3. The molecule has 0 aliphatic heterocycles. The van der Waals surface area contributed by atoms with Gasteiger partial charge in [-0.2, -0.15) is 4.98 Å². The molecule has 0 saturated heterocycles. The van der Waals surface area contributed by atoms with Crippen molar-refractivity contribution in [1.29, 1.82) is 0 Å². The molecule has 1 aromatic rings. The summed E-state index contributed by atoms with van der Waals surface area (Å²) in [5, 5.41) is 4.03. The lowest BCUT2D eigenvalue weighted by molar-refractivity contribution is 0.280. The van der Waals surface area contributed by atoms with E-state index >= 15 is 0 Å². The Hall–Kier alpha value is -0.940. The first-order valence-corrected chi connectivity index (χ1v) is 6.97. The van der Waals surface area contributed by atoms with E-state index < -0.39 is 0 Å². The van der Waals surface area contributed by atoms with E-state index in [2.05, 4.69) is 56.7 Å². The quantitative estimate of drug-likeness (QED) is 0.856. The second-order valence-corrected chi connectivity index (χ2v) is 6.70. The van der Waals surface area contributed by atoms with Gasteiger partial charge < -0.3 is 10.3 Å². The van der Waals surface area contributed by atoms with E-state index in [0.29, 0.717) is 18.4 Å². The molecule has 5 nitrogen and oxygen atoms in total. The molecular formula is C14H28N4O. The molecule has 1 aromatic heterocycles. The number of nitrogens with two attached hydrogens (primary N) is 1. The third-order valence-electron chi connectivity index (χ3n) is 3.22. The predicted molar refractivity (Wildman–Crippen MR) is 76.8 cm³/mol. The van der Waals surface area contributed by atoms with E-state index in [9.17, 15) is 0 Å². The van der Waals surface area contributed by atoms with Gasteiger partial charge in [0.05, 0.1) is 6.54 Å². The molecule has 0 spiro atoms. The Morgan fingerprint density at radius 1 is 1.32 bits per heavy atom. The van der Waals surface area contributed by atoms with Crippen molar-refractivity contribution in [2.75, 3.05) is 13.6 Å². The molecule has 110 valence electrons. The van der Waals surface area contributed by atoms with Gasteiger partial charge in [-0.3, -0.25) is 4.90 Å². The Morgan fingerprint density at radius 2 is 1.95 bits per heavy atom. The van der Waals surface area contributed by atoms with Gasteiger partial charge in [0.15, 0.2) is 5.82 Å². The van der Waals surface area contributed by atoms with Crippen molar-refractivity contribution in [1.82, 2.24) is 15.0 Å². The van der Waals surface area contributed by atoms with Gasteiger partial charge in [0.2, 0.25) is 5.89 Å². The normalized spacial score (nSPS) is 14.4. The zero-order valence-electron chi connectivity index (χ0n) is 13.1. The van der Waals surface area contributed by atoms with Crippen molar-refractivity contribution in [2.24, 2.45) is 11.7 Å². The van der Waals surface area contributed by atoms with Crippen LogP contribution in [0.15, 0.2) is 4.52 Å². The molecule has 0 fully saturated rings. The van der Waals surface area contributed by atoms with Gasteiger partial charge in [-0.15, -0.1) is 0 Å². The van der Waals surface area contributed by atoms with Crippen molar-refractivity contribution in [3.8, 4) is 0 Å². The molecule has 5 heteroatoms. The zero-order valence-corrected chi connectivity index (χ0v) is 13.1. The van der Waals surface area contributed by atoms with Gasteiger partial charge in [-0.25, -0.2) is 0 Å². The lowest BCUT2D eigenvalue weighted by Crippen LogP contribution is -2.31. The van der Waals surface area contributed by atoms with Crippen LogP contribution in [0.4, 0.5) is 0 Å². The van der Waals surface area contributed by atoms with E-state index in [1.807, 2.05) is 0 Å². The Labute approximate surface area is 116 Å². The highest BCUT2D eigenvalue weighted by atomic mass is 16.5. The van der Waals surface area contributed by atoms with Crippen LogP contribution in [0, 0.1) is 5.92 Å². The maximum atomic E-state index is 6.04. The SMILES string of the molecule is CC(C)C(N)CCN(C)Cc1noc(C(C)(C)C)n1. The minimum Gasteiger partial charge on any atom is -0.339 e. The molecule has 0 saturated carbocycles. The smallest absolute Gasteiger partial charge is 0.232 e. The summed E-state index contributed by atoms with van der Waals surface area (Å²) in [5.41, 5.74) is 5.95. The van der Waals surface area contributed by atoms with E-state index in [0.717, 1.165) is 18.8 Å². The van der Waals surface area contributed by atoms with Crippen LogP contribution in [0.25, 0.3) is 0 Å². The molecule has 0 amide bonds. The Bertz CT molecular complexity index is 381. The first-order valence-electron chi connectivity index (χ1n) is 6.97. The minimum atomic E-state index is -0.0934. The van der Waals surface area contributed by atoms with E-state index in [-0.39, 0.29) is 11.5 Å². The fraction of sp³-hybridized carbons (Fsp3) is 0.857. The van der Waals surface area contributed by atoms with Gasteiger partial charge in [0, 0.05) is 11.5 Å². The molecule has 1 unspecified atom stereocenters. The molecule has 1 rings (SSSR count). The second-order valence-electron chi connectivity index (χ2n) is 6.70. The number of rotatable bonds is 6. The van der Waals surface area contributed by atoms with Crippen LogP contribution in [0.5, 0.6) is 0 Å². The van der Waals surface area contributed by atoms with Gasteiger partial charge in [0.1, 0.15) is 0 Å². The topological polar surface area (TPSA) is 68.2 Å². The molecule has 2 N–H and O–H groups in total. The van der Waals surface area contributed by atoms with Gasteiger partial charge >= 0.3 is 0 Å². The van der Waals surface area contributed by atoms with Gasteiger partial charge in [0.25, 0.3) is 0 Å². The Kier molecular flexibility index (Phi) is 5.50. The van der Waals surface area contributed by atoms with Crippen LogP contribution >= 0.6 is 0 Å². The third-order valence-corrected chi connectivity index (χ3v) is 3.22. The summed E-state index contributed by atoms with van der Waals surface area (Å²) in [6.07, 6.45) is 0.984. The number of hydrogen-bond donors (Lipinski definition) is 1. The molecule has 0 bridgehead atoms. The average Bonchev–Trinajstić information content (AvgIpc) is 2.73. The van der Waals surface area contributed by atoms with Gasteiger partial charge in [-0.05, 0) is 25.9 Å². The molecule has 0 radical (unpaired) electrons. The molecule has 0 aliphatic carbocycles. The van der Waals surface area contributed by atoms with Gasteiger partial charge in [-0.1, -0.05) is 39.8 Å². The molecule has 0 aliphatic rings. The molecule has 19 heavy (non-hydrogen) atoms. The third kappa shape index (κ3) is 5.28. The van der Waals surface area contributed by atoms with Crippen molar-refractivity contribution in [3.05, 3.63) is 11.7 Å². The highest BCUT2D eigenvalue weighted by Crippen LogP contribution is 2.19. The lowest BCUT2D eigenvalue weighted by atomic mass is 9.97. The summed E-state index contributed by atoms with van der Waals surface area (Å²) in [6.45, 7) is 12.1. The van der Waals surface area contributed by atoms with Crippen molar-refractivity contribution >= 4 is 0 Å².